The zero-order chi connectivity index (χ0) is 11.8. The van der Waals surface area contributed by atoms with Crippen molar-refractivity contribution in [1.29, 1.82) is 0 Å². The molecule has 86 valence electrons. The second kappa shape index (κ2) is 6.60. The summed E-state index contributed by atoms with van der Waals surface area (Å²) in [5.41, 5.74) is 0. The van der Waals surface area contributed by atoms with Crippen molar-refractivity contribution in [2.24, 2.45) is 0 Å². The molecule has 0 rings (SSSR count). The predicted octanol–water partition coefficient (Wildman–Crippen LogP) is -2.10. The summed E-state index contributed by atoms with van der Waals surface area (Å²) in [4.78, 5) is 31.5. The molecule has 0 aromatic heterocycles. The number of methoxy groups -OCH3 is 1. The van der Waals surface area contributed by atoms with Crippen LogP contribution in [0, 0.1) is 0 Å². The second-order valence-corrected chi connectivity index (χ2v) is 2.49. The highest BCUT2D eigenvalue weighted by Crippen LogP contribution is 1.79. The van der Waals surface area contributed by atoms with Gasteiger partial charge in [-0.25, -0.2) is 9.59 Å². The molecule has 1 atom stereocenters. The number of esters is 1. The lowest BCUT2D eigenvalue weighted by molar-refractivity contribution is -0.146. The van der Waals surface area contributed by atoms with Gasteiger partial charge in [-0.1, -0.05) is 0 Å². The number of aliphatic carboxylic acids is 1. The number of carboxylic acid groups (broad SMARTS) is 1. The number of ether oxygens (including phenoxy) is 1. The summed E-state index contributed by atoms with van der Waals surface area (Å²) >= 11 is 0. The quantitative estimate of drug-likeness (QED) is 0.393. The minimum Gasteiger partial charge on any atom is -0.479 e. The smallest absolute Gasteiger partial charge is 0.334 e. The zero-order valence-electron chi connectivity index (χ0n) is 8.02. The van der Waals surface area contributed by atoms with E-state index in [1.54, 1.807) is 0 Å². The average Bonchev–Trinajstić information content (AvgIpc) is 2.21. The molecule has 0 saturated carbocycles. The number of nitrogens with one attached hydrogen (secondary N) is 2. The van der Waals surface area contributed by atoms with E-state index in [0.717, 1.165) is 7.11 Å². The number of carbonyl (C=O) groups is 3. The Bertz CT molecular complexity index is 254. The minimum absolute atomic E-state index is 0.328. The Hall–Kier alpha value is -1.83. The molecule has 0 aromatic rings. The van der Waals surface area contributed by atoms with Crippen molar-refractivity contribution in [3.63, 3.8) is 0 Å². The average molecular weight is 220 g/mol. The Kier molecular flexibility index (Phi) is 5.79. The Morgan fingerprint density at radius 2 is 1.93 bits per heavy atom. The van der Waals surface area contributed by atoms with Crippen LogP contribution in [0.15, 0.2) is 0 Å². The van der Waals surface area contributed by atoms with Gasteiger partial charge >= 0.3 is 18.0 Å². The molecular formula is C7H12N2O6. The first kappa shape index (κ1) is 13.2. The summed E-state index contributed by atoms with van der Waals surface area (Å²) in [5.74, 6) is -2.08. The molecule has 8 heteroatoms. The van der Waals surface area contributed by atoms with Gasteiger partial charge in [0.25, 0.3) is 0 Å². The van der Waals surface area contributed by atoms with E-state index in [0.29, 0.717) is 0 Å². The molecule has 1 unspecified atom stereocenters. The summed E-state index contributed by atoms with van der Waals surface area (Å²) in [5, 5.41) is 21.2. The molecule has 0 aliphatic heterocycles. The van der Waals surface area contributed by atoms with E-state index in [4.69, 9.17) is 10.2 Å². The third-order valence-electron chi connectivity index (χ3n) is 1.36. The normalized spacial score (nSPS) is 11.3. The first-order valence-electron chi connectivity index (χ1n) is 3.96. The van der Waals surface area contributed by atoms with E-state index in [1.165, 1.54) is 0 Å². The highest BCUT2D eigenvalue weighted by molar-refractivity contribution is 5.81. The van der Waals surface area contributed by atoms with Gasteiger partial charge in [0.05, 0.1) is 13.7 Å². The van der Waals surface area contributed by atoms with Crippen LogP contribution in [0.1, 0.15) is 0 Å². The topological polar surface area (TPSA) is 125 Å². The van der Waals surface area contributed by atoms with Crippen LogP contribution in [0.2, 0.25) is 0 Å². The number of rotatable bonds is 5. The van der Waals surface area contributed by atoms with E-state index < -0.39 is 30.6 Å². The van der Waals surface area contributed by atoms with Crippen molar-refractivity contribution in [2.75, 3.05) is 20.2 Å². The van der Waals surface area contributed by atoms with Crippen molar-refractivity contribution >= 4 is 18.0 Å². The summed E-state index contributed by atoms with van der Waals surface area (Å²) in [6.07, 6.45) is -1.67. The van der Waals surface area contributed by atoms with E-state index in [-0.39, 0.29) is 6.54 Å². The van der Waals surface area contributed by atoms with Crippen LogP contribution in [0.5, 0.6) is 0 Å². The Labute approximate surface area is 85.2 Å². The van der Waals surface area contributed by atoms with Gasteiger partial charge in [0.15, 0.2) is 6.10 Å². The fourth-order valence-electron chi connectivity index (χ4n) is 0.564. The monoisotopic (exact) mass is 220 g/mol. The third kappa shape index (κ3) is 6.27. The number of hydrogen-bond donors (Lipinski definition) is 4. The molecule has 0 fully saturated rings. The van der Waals surface area contributed by atoms with Gasteiger partial charge in [-0.3, -0.25) is 4.79 Å². The fraction of sp³-hybridized carbons (Fsp3) is 0.571. The highest BCUT2D eigenvalue weighted by atomic mass is 16.5. The molecule has 8 nitrogen and oxygen atoms in total. The van der Waals surface area contributed by atoms with Crippen LogP contribution < -0.4 is 10.6 Å². The number of amides is 2. The van der Waals surface area contributed by atoms with Crippen molar-refractivity contribution in [3.05, 3.63) is 0 Å². The number of hydrogen-bond acceptors (Lipinski definition) is 5. The van der Waals surface area contributed by atoms with Gasteiger partial charge in [0.1, 0.15) is 6.54 Å². The van der Waals surface area contributed by atoms with E-state index in [1.807, 2.05) is 0 Å². The maximum absolute atomic E-state index is 10.9. The van der Waals surface area contributed by atoms with Crippen molar-refractivity contribution in [1.82, 2.24) is 10.6 Å². The van der Waals surface area contributed by atoms with E-state index in [2.05, 4.69) is 15.4 Å². The Morgan fingerprint density at radius 1 is 1.33 bits per heavy atom. The molecule has 0 heterocycles. The maximum atomic E-state index is 10.9. The van der Waals surface area contributed by atoms with Crippen LogP contribution in [0.25, 0.3) is 0 Å². The molecule has 0 bridgehead atoms. The van der Waals surface area contributed by atoms with Gasteiger partial charge in [0, 0.05) is 0 Å². The number of aliphatic hydroxyl groups excluding tert-OH is 1. The molecule has 0 radical (unpaired) electrons. The minimum atomic E-state index is -1.67. The number of carbonyl (C=O) groups excluding carboxylic acids is 2. The molecule has 0 aromatic carbocycles. The molecule has 0 aliphatic carbocycles. The van der Waals surface area contributed by atoms with Gasteiger partial charge in [-0.05, 0) is 0 Å². The molecule has 0 saturated heterocycles. The van der Waals surface area contributed by atoms with E-state index in [9.17, 15) is 14.4 Å². The first-order chi connectivity index (χ1) is 6.97. The molecule has 4 N–H and O–H groups in total. The maximum Gasteiger partial charge on any atom is 0.334 e. The van der Waals surface area contributed by atoms with Crippen molar-refractivity contribution < 1.29 is 29.3 Å². The molecule has 2 amide bonds. The summed E-state index contributed by atoms with van der Waals surface area (Å²) in [6.45, 7) is -0.770. The van der Waals surface area contributed by atoms with Crippen molar-refractivity contribution in [2.45, 2.75) is 6.10 Å². The largest absolute Gasteiger partial charge is 0.479 e. The van der Waals surface area contributed by atoms with Crippen LogP contribution in [-0.2, 0) is 14.3 Å². The van der Waals surface area contributed by atoms with Crippen molar-refractivity contribution in [3.8, 4) is 0 Å². The fourth-order valence-corrected chi connectivity index (χ4v) is 0.564. The van der Waals surface area contributed by atoms with Crippen LogP contribution in [0.3, 0.4) is 0 Å². The van der Waals surface area contributed by atoms with Gasteiger partial charge in [0.2, 0.25) is 0 Å². The zero-order valence-corrected chi connectivity index (χ0v) is 8.02. The van der Waals surface area contributed by atoms with Gasteiger partial charge in [-0.15, -0.1) is 0 Å². The van der Waals surface area contributed by atoms with Crippen LogP contribution in [-0.4, -0.2) is 54.5 Å². The summed E-state index contributed by atoms with van der Waals surface area (Å²) in [6, 6.07) is -0.763. The predicted molar refractivity (Wildman–Crippen MR) is 47.1 cm³/mol. The molecular weight excluding hydrogens is 208 g/mol. The second-order valence-electron chi connectivity index (χ2n) is 2.49. The lowest BCUT2D eigenvalue weighted by Crippen LogP contribution is -2.43. The highest BCUT2D eigenvalue weighted by Gasteiger charge is 2.14. The SMILES string of the molecule is COC(=O)CNC(=O)NCC(O)C(=O)O. The van der Waals surface area contributed by atoms with Gasteiger partial charge in [-0.2, -0.15) is 0 Å². The number of carboxylic acids is 1. The lowest BCUT2D eigenvalue weighted by atomic mass is 10.4. The molecule has 15 heavy (non-hydrogen) atoms. The number of aliphatic hydroxyl groups is 1. The standard InChI is InChI=1S/C7H12N2O6/c1-15-5(11)3-9-7(14)8-2-4(10)6(12)13/h4,10H,2-3H2,1H3,(H,12,13)(H2,8,9,14). The Morgan fingerprint density at radius 3 is 2.40 bits per heavy atom. The summed E-state index contributed by atoms with van der Waals surface area (Å²) in [7, 11) is 1.16. The molecule has 0 spiro atoms. The van der Waals surface area contributed by atoms with E-state index >= 15 is 0 Å². The van der Waals surface area contributed by atoms with Gasteiger partial charge < -0.3 is 25.6 Å². The lowest BCUT2D eigenvalue weighted by Gasteiger charge is -2.08. The van der Waals surface area contributed by atoms with Crippen LogP contribution >= 0.6 is 0 Å². The number of urea groups is 1. The third-order valence-corrected chi connectivity index (χ3v) is 1.36. The Balaban J connectivity index is 3.66. The van der Waals surface area contributed by atoms with Crippen LogP contribution in [0.4, 0.5) is 4.79 Å². The summed E-state index contributed by atoms with van der Waals surface area (Å²) < 4.78 is 4.24. The molecule has 0 aliphatic rings. The first-order valence-corrected chi connectivity index (χ1v) is 3.96.